The van der Waals surface area contributed by atoms with Crippen molar-refractivity contribution >= 4 is 11.8 Å². The van der Waals surface area contributed by atoms with E-state index in [9.17, 15) is 19.8 Å². The monoisotopic (exact) mass is 618 g/mol. The summed E-state index contributed by atoms with van der Waals surface area (Å²) >= 11 is 0. The second-order valence-corrected chi connectivity index (χ2v) is 12.4. The highest BCUT2D eigenvalue weighted by Gasteiger charge is 2.36. The molecule has 0 saturated carbocycles. The molecule has 236 valence electrons. The standard InChI is InChI=1S/C38H38N2O6/c41-23-25-13-15-27(16-14-25)35-20-32(22-39-17-5-10-31(39)24-42)45-38(46-35)30-9-4-8-29(19-30)28-7-3-6-26(18-28)21-40-36(43)33-11-1-2-12-34(33)37(40)44/h1-4,6-9,11-16,18-19,31-32,35,38,41-42H,5,10,17,20-24H2/t31-,32+,35-,38-/m0/s1. The van der Waals surface area contributed by atoms with Crippen molar-refractivity contribution in [3.05, 3.63) is 130 Å². The maximum atomic E-state index is 13.0. The van der Waals surface area contributed by atoms with Crippen molar-refractivity contribution in [2.24, 2.45) is 0 Å². The fourth-order valence-electron chi connectivity index (χ4n) is 6.92. The smallest absolute Gasteiger partial charge is 0.261 e. The highest BCUT2D eigenvalue weighted by atomic mass is 16.7. The molecule has 2 fully saturated rings. The number of aliphatic hydroxyl groups excluding tert-OH is 2. The minimum atomic E-state index is -0.599. The molecule has 0 aromatic heterocycles. The van der Waals surface area contributed by atoms with Crippen LogP contribution in [0.25, 0.3) is 11.1 Å². The Kier molecular flexibility index (Phi) is 8.80. The van der Waals surface area contributed by atoms with Crippen LogP contribution in [-0.2, 0) is 22.6 Å². The van der Waals surface area contributed by atoms with Gasteiger partial charge in [-0.25, -0.2) is 0 Å². The van der Waals surface area contributed by atoms with Gasteiger partial charge in [0.1, 0.15) is 0 Å². The number of imide groups is 1. The van der Waals surface area contributed by atoms with Gasteiger partial charge in [-0.1, -0.05) is 72.8 Å². The summed E-state index contributed by atoms with van der Waals surface area (Å²) in [5, 5.41) is 19.5. The van der Waals surface area contributed by atoms with Crippen molar-refractivity contribution < 1.29 is 29.3 Å². The van der Waals surface area contributed by atoms with Gasteiger partial charge in [0.2, 0.25) is 0 Å². The molecule has 4 atom stereocenters. The SMILES string of the molecule is O=C1c2ccccc2C(=O)N1Cc1cccc(-c2cccc([C@H]3O[C@@H](CN4CCC[C@H]4CO)C[C@@H](c4ccc(CO)cc4)O3)c2)c1. The Hall–Kier alpha value is -4.18. The Morgan fingerprint density at radius 3 is 2.17 bits per heavy atom. The van der Waals surface area contributed by atoms with Gasteiger partial charge in [-0.3, -0.25) is 19.4 Å². The normalized spacial score (nSPS) is 23.2. The number of rotatable bonds is 9. The quantitative estimate of drug-likeness (QED) is 0.234. The maximum Gasteiger partial charge on any atom is 0.261 e. The summed E-state index contributed by atoms with van der Waals surface area (Å²) in [6, 6.07) is 31.0. The van der Waals surface area contributed by atoms with Gasteiger partial charge in [-0.15, -0.1) is 0 Å². The van der Waals surface area contributed by atoms with Crippen LogP contribution in [0.2, 0.25) is 0 Å². The molecule has 4 aromatic carbocycles. The molecular formula is C38H38N2O6. The highest BCUT2D eigenvalue weighted by molar-refractivity contribution is 6.21. The van der Waals surface area contributed by atoms with E-state index in [1.165, 1.54) is 4.90 Å². The van der Waals surface area contributed by atoms with E-state index in [1.54, 1.807) is 24.3 Å². The minimum absolute atomic E-state index is 0.00996. The van der Waals surface area contributed by atoms with Crippen molar-refractivity contribution in [2.75, 3.05) is 19.7 Å². The number of amides is 2. The molecule has 0 aliphatic carbocycles. The van der Waals surface area contributed by atoms with Gasteiger partial charge in [-0.2, -0.15) is 0 Å². The van der Waals surface area contributed by atoms with Gasteiger partial charge in [-0.05, 0) is 71.5 Å². The Balaban J connectivity index is 1.13. The molecule has 8 nitrogen and oxygen atoms in total. The lowest BCUT2D eigenvalue weighted by molar-refractivity contribution is -0.253. The molecule has 0 unspecified atom stereocenters. The Morgan fingerprint density at radius 1 is 0.739 bits per heavy atom. The predicted molar refractivity (Wildman–Crippen MR) is 173 cm³/mol. The number of fused-ring (bicyclic) bond motifs is 1. The number of hydrogen-bond donors (Lipinski definition) is 2. The first-order chi connectivity index (χ1) is 22.5. The molecule has 0 bridgehead atoms. The van der Waals surface area contributed by atoms with E-state index >= 15 is 0 Å². The number of carbonyl (C=O) groups is 2. The lowest BCUT2D eigenvalue weighted by Crippen LogP contribution is -2.42. The molecule has 0 spiro atoms. The summed E-state index contributed by atoms with van der Waals surface area (Å²) < 4.78 is 13.2. The van der Waals surface area contributed by atoms with Crippen LogP contribution in [-0.4, -0.2) is 63.7 Å². The highest BCUT2D eigenvalue weighted by Crippen LogP contribution is 2.39. The van der Waals surface area contributed by atoms with Crippen LogP contribution in [0.5, 0.6) is 0 Å². The van der Waals surface area contributed by atoms with Gasteiger partial charge in [0.05, 0.1) is 43.1 Å². The third-order valence-corrected chi connectivity index (χ3v) is 9.40. The summed E-state index contributed by atoms with van der Waals surface area (Å²) in [6.07, 6.45) is 1.85. The Labute approximate surface area is 268 Å². The van der Waals surface area contributed by atoms with Crippen LogP contribution in [0.1, 0.15) is 74.6 Å². The molecule has 2 saturated heterocycles. The lowest BCUT2D eigenvalue weighted by atomic mass is 9.98. The van der Waals surface area contributed by atoms with Crippen molar-refractivity contribution in [3.63, 3.8) is 0 Å². The lowest BCUT2D eigenvalue weighted by Gasteiger charge is -2.38. The summed E-state index contributed by atoms with van der Waals surface area (Å²) in [7, 11) is 0. The molecule has 2 amide bonds. The molecule has 3 aliphatic rings. The van der Waals surface area contributed by atoms with Crippen molar-refractivity contribution in [2.45, 2.75) is 57.0 Å². The predicted octanol–water partition coefficient (Wildman–Crippen LogP) is 5.64. The van der Waals surface area contributed by atoms with Crippen LogP contribution in [0.4, 0.5) is 0 Å². The third-order valence-electron chi connectivity index (χ3n) is 9.40. The molecule has 3 heterocycles. The topological polar surface area (TPSA) is 99.5 Å². The van der Waals surface area contributed by atoms with Crippen molar-refractivity contribution in [3.8, 4) is 11.1 Å². The average Bonchev–Trinajstić information content (AvgIpc) is 3.66. The largest absolute Gasteiger partial charge is 0.395 e. The molecule has 8 heteroatoms. The van der Waals surface area contributed by atoms with E-state index in [0.717, 1.165) is 59.3 Å². The fraction of sp³-hybridized carbons (Fsp3) is 0.316. The average molecular weight is 619 g/mol. The number of carbonyl (C=O) groups excluding carboxylic acids is 2. The van der Waals surface area contributed by atoms with Crippen LogP contribution < -0.4 is 0 Å². The molecule has 0 radical (unpaired) electrons. The van der Waals surface area contributed by atoms with Crippen LogP contribution in [0.3, 0.4) is 0 Å². The summed E-state index contributed by atoms with van der Waals surface area (Å²) in [5.41, 5.74) is 6.46. The third kappa shape index (κ3) is 6.15. The van der Waals surface area contributed by atoms with E-state index in [2.05, 4.69) is 11.0 Å². The summed E-state index contributed by atoms with van der Waals surface area (Å²) in [5.74, 6) is -0.539. The van der Waals surface area contributed by atoms with Gasteiger partial charge in [0.25, 0.3) is 11.8 Å². The second-order valence-electron chi connectivity index (χ2n) is 12.4. The first-order valence-corrected chi connectivity index (χ1v) is 16.0. The number of benzene rings is 4. The minimum Gasteiger partial charge on any atom is -0.395 e. The van der Waals surface area contributed by atoms with E-state index < -0.39 is 6.29 Å². The number of aliphatic hydroxyl groups is 2. The van der Waals surface area contributed by atoms with Crippen molar-refractivity contribution in [1.82, 2.24) is 9.80 Å². The van der Waals surface area contributed by atoms with Crippen LogP contribution >= 0.6 is 0 Å². The number of ether oxygens (including phenoxy) is 2. The van der Waals surface area contributed by atoms with Crippen molar-refractivity contribution in [1.29, 1.82) is 0 Å². The molecule has 7 rings (SSSR count). The van der Waals surface area contributed by atoms with E-state index in [1.807, 2.05) is 66.7 Å². The fourth-order valence-corrected chi connectivity index (χ4v) is 6.92. The molecule has 46 heavy (non-hydrogen) atoms. The molecule has 4 aromatic rings. The first kappa shape index (κ1) is 30.5. The Morgan fingerprint density at radius 2 is 1.46 bits per heavy atom. The maximum absolute atomic E-state index is 13.0. The molecule has 2 N–H and O–H groups in total. The zero-order valence-corrected chi connectivity index (χ0v) is 25.6. The van der Waals surface area contributed by atoms with E-state index in [4.69, 9.17) is 9.47 Å². The number of likely N-dealkylation sites (tertiary alicyclic amines) is 1. The molecule has 3 aliphatic heterocycles. The number of nitrogens with zero attached hydrogens (tertiary/aromatic N) is 2. The summed E-state index contributed by atoms with van der Waals surface area (Å²) in [4.78, 5) is 29.6. The second kappa shape index (κ2) is 13.3. The molecular weight excluding hydrogens is 580 g/mol. The Bertz CT molecular complexity index is 1690. The zero-order chi connectivity index (χ0) is 31.6. The van der Waals surface area contributed by atoms with Gasteiger partial charge < -0.3 is 19.7 Å². The van der Waals surface area contributed by atoms with E-state index in [0.29, 0.717) is 17.5 Å². The van der Waals surface area contributed by atoms with Crippen LogP contribution in [0, 0.1) is 0 Å². The van der Waals surface area contributed by atoms with Gasteiger partial charge in [0, 0.05) is 24.6 Å². The summed E-state index contributed by atoms with van der Waals surface area (Å²) in [6.45, 7) is 1.99. The zero-order valence-electron chi connectivity index (χ0n) is 25.6. The number of hydrogen-bond acceptors (Lipinski definition) is 7. The first-order valence-electron chi connectivity index (χ1n) is 16.0. The van der Waals surface area contributed by atoms with Gasteiger partial charge >= 0.3 is 0 Å². The van der Waals surface area contributed by atoms with Crippen LogP contribution in [0.15, 0.2) is 97.1 Å². The van der Waals surface area contributed by atoms with E-state index in [-0.39, 0.29) is 49.8 Å². The van der Waals surface area contributed by atoms with Gasteiger partial charge in [0.15, 0.2) is 6.29 Å².